The van der Waals surface area contributed by atoms with Crippen LogP contribution in [0.1, 0.15) is 30.6 Å². The van der Waals surface area contributed by atoms with Crippen LogP contribution in [0, 0.1) is 6.92 Å². The van der Waals surface area contributed by atoms with Gasteiger partial charge < -0.3 is 20.3 Å². The van der Waals surface area contributed by atoms with Crippen molar-refractivity contribution in [1.29, 1.82) is 0 Å². The Morgan fingerprint density at radius 1 is 1.21 bits per heavy atom. The number of carbonyl (C=O) groups is 4. The lowest BCUT2D eigenvalue weighted by molar-refractivity contribution is -0.197. The number of aryl methyl sites for hydroxylation is 1. The molecule has 1 aromatic heterocycles. The molecular weight excluding hydrogens is 562 g/mol. The molecule has 16 heteroatoms. The zero-order valence-corrected chi connectivity index (χ0v) is 22.6. The van der Waals surface area contributed by atoms with E-state index in [2.05, 4.69) is 10.2 Å². The van der Waals surface area contributed by atoms with Crippen LogP contribution in [0.3, 0.4) is 0 Å². The van der Waals surface area contributed by atoms with Gasteiger partial charge in [0.1, 0.15) is 5.76 Å². The summed E-state index contributed by atoms with van der Waals surface area (Å²) in [5.74, 6) is -2.16. The van der Waals surface area contributed by atoms with Gasteiger partial charge >= 0.3 is 11.6 Å². The molecule has 3 amide bonds. The van der Waals surface area contributed by atoms with Gasteiger partial charge in [-0.2, -0.15) is 8.42 Å². The molecule has 206 valence electrons. The molecule has 1 aliphatic heterocycles. The maximum Gasteiger partial charge on any atom is 0.343 e. The van der Waals surface area contributed by atoms with Crippen molar-refractivity contribution in [2.24, 2.45) is 0 Å². The first-order chi connectivity index (χ1) is 17.9. The lowest BCUT2D eigenvalue weighted by Crippen LogP contribution is -2.36. The highest BCUT2D eigenvalue weighted by Crippen LogP contribution is 2.24. The molecule has 2 heterocycles. The Balaban J connectivity index is 1.31. The van der Waals surface area contributed by atoms with Gasteiger partial charge in [0.2, 0.25) is 5.91 Å². The number of imide groups is 1. The zero-order chi connectivity index (χ0) is 28.0. The van der Waals surface area contributed by atoms with Gasteiger partial charge in [-0.15, -0.1) is 5.06 Å². The largest absolute Gasteiger partial charge is 0.427 e. The minimum absolute atomic E-state index is 0.0752. The second-order valence-electron chi connectivity index (χ2n) is 8.21. The van der Waals surface area contributed by atoms with Crippen molar-refractivity contribution in [3.63, 3.8) is 0 Å². The third kappa shape index (κ3) is 7.49. The highest BCUT2D eigenvalue weighted by molar-refractivity contribution is 8.76. The summed E-state index contributed by atoms with van der Waals surface area (Å²) < 4.78 is 36.5. The van der Waals surface area contributed by atoms with Crippen molar-refractivity contribution < 1.29 is 41.4 Å². The average Bonchev–Trinajstić information content (AvgIpc) is 3.12. The molecule has 1 aromatic carbocycles. The fourth-order valence-corrected chi connectivity index (χ4v) is 6.21. The number of hydroxylamine groups is 2. The van der Waals surface area contributed by atoms with Crippen LogP contribution < -0.4 is 16.7 Å². The molecule has 4 N–H and O–H groups in total. The molecule has 0 radical (unpaired) electrons. The second kappa shape index (κ2) is 12.6. The lowest BCUT2D eigenvalue weighted by atomic mass is 10.0. The van der Waals surface area contributed by atoms with Crippen molar-refractivity contribution in [2.45, 2.75) is 37.9 Å². The van der Waals surface area contributed by atoms with Gasteiger partial charge in [0.15, 0.2) is 5.25 Å². The monoisotopic (exact) mass is 587 g/mol. The first kappa shape index (κ1) is 29.5. The van der Waals surface area contributed by atoms with Crippen molar-refractivity contribution >= 4 is 71.9 Å². The normalized spacial score (nSPS) is 15.7. The molecule has 0 aliphatic carbocycles. The number of fused-ring (bicyclic) bond motifs is 1. The number of nitrogens with zero attached hydrogens (tertiary/aromatic N) is 1. The van der Waals surface area contributed by atoms with E-state index in [1.165, 1.54) is 27.7 Å². The van der Waals surface area contributed by atoms with Crippen LogP contribution in [0.2, 0.25) is 0 Å². The van der Waals surface area contributed by atoms with Gasteiger partial charge in [-0.1, -0.05) is 27.7 Å². The SMILES string of the molecule is Cc1c(CC(=O)NCCSSCCCC(=O)ON2C(=O)CC(S(=O)(=O)O)C2=O)oc(=O)c2cc(N)ccc12. The molecule has 0 bridgehead atoms. The summed E-state index contributed by atoms with van der Waals surface area (Å²) in [6.45, 7) is 2.13. The number of anilines is 1. The van der Waals surface area contributed by atoms with Crippen LogP contribution >= 0.6 is 21.6 Å². The van der Waals surface area contributed by atoms with E-state index in [4.69, 9.17) is 14.7 Å². The lowest BCUT2D eigenvalue weighted by Gasteiger charge is -2.13. The van der Waals surface area contributed by atoms with Crippen LogP contribution in [0.15, 0.2) is 27.4 Å². The predicted octanol–water partition coefficient (Wildman–Crippen LogP) is 0.977. The molecule has 1 unspecified atom stereocenters. The van der Waals surface area contributed by atoms with Gasteiger partial charge in [-0.25, -0.2) is 9.59 Å². The Morgan fingerprint density at radius 2 is 1.92 bits per heavy atom. The Hall–Kier alpha value is -3.08. The van der Waals surface area contributed by atoms with Crippen molar-refractivity contribution in [1.82, 2.24) is 10.4 Å². The summed E-state index contributed by atoms with van der Waals surface area (Å²) in [5, 5.41) is 1.89. The van der Waals surface area contributed by atoms with Crippen LogP contribution in [-0.2, 0) is 40.6 Å². The molecule has 1 aliphatic rings. The first-order valence-corrected chi connectivity index (χ1v) is 15.2. The highest BCUT2D eigenvalue weighted by atomic mass is 33.1. The zero-order valence-electron chi connectivity index (χ0n) is 20.1. The van der Waals surface area contributed by atoms with E-state index in [9.17, 15) is 32.4 Å². The highest BCUT2D eigenvalue weighted by Gasteiger charge is 2.48. The van der Waals surface area contributed by atoms with Crippen molar-refractivity contribution in [3.05, 3.63) is 39.9 Å². The first-order valence-electron chi connectivity index (χ1n) is 11.2. The molecule has 3 rings (SSSR count). The van der Waals surface area contributed by atoms with Gasteiger partial charge in [0.05, 0.1) is 18.2 Å². The van der Waals surface area contributed by atoms with E-state index >= 15 is 0 Å². The van der Waals surface area contributed by atoms with Crippen LogP contribution in [0.5, 0.6) is 0 Å². The number of benzene rings is 1. The average molecular weight is 588 g/mol. The van der Waals surface area contributed by atoms with E-state index in [1.54, 1.807) is 19.1 Å². The van der Waals surface area contributed by atoms with E-state index in [-0.39, 0.29) is 29.6 Å². The molecule has 38 heavy (non-hydrogen) atoms. The standard InChI is InChI=1S/C22H25N3O10S3/c1-12-14-5-4-13(23)9-15(14)22(30)34-16(12)10-18(26)24-6-8-37-36-7-2-3-20(28)35-25-19(27)11-17(21(25)29)38(31,32)33/h4-5,9,17H,2-3,6-8,10-11,23H2,1H3,(H,24,26)(H,31,32,33). The van der Waals surface area contributed by atoms with Crippen molar-refractivity contribution in [3.8, 4) is 0 Å². The number of carbonyl (C=O) groups excluding carboxylic acids is 4. The second-order valence-corrected chi connectivity index (χ2v) is 12.5. The summed E-state index contributed by atoms with van der Waals surface area (Å²) in [6, 6.07) is 4.93. The maximum absolute atomic E-state index is 12.3. The predicted molar refractivity (Wildman–Crippen MR) is 140 cm³/mol. The Kier molecular flexibility index (Phi) is 9.81. The van der Waals surface area contributed by atoms with Gasteiger partial charge in [0, 0.05) is 30.2 Å². The third-order valence-electron chi connectivity index (χ3n) is 5.44. The quantitative estimate of drug-likeness (QED) is 0.104. The molecule has 2 aromatic rings. The number of hydrogen-bond acceptors (Lipinski definition) is 12. The maximum atomic E-state index is 12.3. The molecule has 0 spiro atoms. The van der Waals surface area contributed by atoms with E-state index in [0.717, 1.165) is 0 Å². The summed E-state index contributed by atoms with van der Waals surface area (Å²) in [4.78, 5) is 64.6. The molecule has 1 fully saturated rings. The number of rotatable bonds is 12. The fraction of sp³-hybridized carbons (Fsp3) is 0.409. The summed E-state index contributed by atoms with van der Waals surface area (Å²) in [5.41, 5.74) is 6.29. The van der Waals surface area contributed by atoms with E-state index < -0.39 is 45.2 Å². The number of nitrogens with two attached hydrogens (primary N) is 1. The Labute approximate surface area is 224 Å². The van der Waals surface area contributed by atoms with Gasteiger partial charge in [-0.3, -0.25) is 18.9 Å². The van der Waals surface area contributed by atoms with E-state index in [0.29, 0.717) is 46.5 Å². The number of nitrogens with one attached hydrogen (secondary N) is 1. The summed E-state index contributed by atoms with van der Waals surface area (Å²) in [7, 11) is -1.89. The number of amides is 3. The smallest absolute Gasteiger partial charge is 0.343 e. The topological polar surface area (TPSA) is 203 Å². The minimum Gasteiger partial charge on any atom is -0.427 e. The third-order valence-corrected chi connectivity index (χ3v) is 9.02. The molecular formula is C22H25N3O10S3. The molecule has 13 nitrogen and oxygen atoms in total. The van der Waals surface area contributed by atoms with Crippen LogP contribution in [0.25, 0.3) is 10.8 Å². The fourth-order valence-electron chi connectivity index (χ4n) is 3.51. The van der Waals surface area contributed by atoms with Crippen LogP contribution in [0.4, 0.5) is 5.69 Å². The Bertz CT molecular complexity index is 1420. The minimum atomic E-state index is -4.78. The van der Waals surface area contributed by atoms with Gasteiger partial charge in [0.25, 0.3) is 21.9 Å². The summed E-state index contributed by atoms with van der Waals surface area (Å²) in [6.07, 6.45) is -0.651. The van der Waals surface area contributed by atoms with Crippen LogP contribution in [-0.4, -0.2) is 65.0 Å². The van der Waals surface area contributed by atoms with E-state index in [1.807, 2.05) is 0 Å². The molecule has 1 atom stereocenters. The number of hydrogen-bond donors (Lipinski definition) is 3. The summed E-state index contributed by atoms with van der Waals surface area (Å²) >= 11 is 0. The van der Waals surface area contributed by atoms with Gasteiger partial charge in [-0.05, 0) is 36.4 Å². The Morgan fingerprint density at radius 3 is 2.61 bits per heavy atom. The number of nitrogen functional groups attached to an aromatic ring is 1. The van der Waals surface area contributed by atoms with Crippen molar-refractivity contribution in [2.75, 3.05) is 23.8 Å². The molecule has 0 saturated carbocycles. The molecule has 1 saturated heterocycles.